The van der Waals surface area contributed by atoms with Crippen molar-refractivity contribution in [3.05, 3.63) is 23.8 Å². The van der Waals surface area contributed by atoms with Crippen molar-refractivity contribution < 1.29 is 14.3 Å². The summed E-state index contributed by atoms with van der Waals surface area (Å²) in [6.45, 7) is 6.64. The number of nitrogens with two attached hydrogens (primary N) is 2. The molecule has 0 aliphatic rings. The van der Waals surface area contributed by atoms with Crippen LogP contribution in [0.15, 0.2) is 18.2 Å². The van der Waals surface area contributed by atoms with Crippen molar-refractivity contribution in [1.82, 2.24) is 5.32 Å². The number of unbranched alkanes of at least 4 members (excludes halogenated alkanes) is 1. The Labute approximate surface area is 167 Å². The molecule has 0 bridgehead atoms. The van der Waals surface area contributed by atoms with E-state index >= 15 is 0 Å². The number of carbonyl (C=O) groups is 2. The van der Waals surface area contributed by atoms with E-state index in [2.05, 4.69) is 10.6 Å². The zero-order valence-electron chi connectivity index (χ0n) is 15.9. The maximum Gasteiger partial charge on any atom is 0.241 e. The number of benzene rings is 1. The summed E-state index contributed by atoms with van der Waals surface area (Å²) in [6.07, 6.45) is 2.40. The molecule has 0 aromatic heterocycles. The van der Waals surface area contributed by atoms with E-state index in [9.17, 15) is 9.59 Å². The number of rotatable bonds is 9. The Balaban J connectivity index is 0.00000676. The van der Waals surface area contributed by atoms with Gasteiger partial charge in [0.1, 0.15) is 5.75 Å². The second-order valence-electron chi connectivity index (χ2n) is 7.04. The van der Waals surface area contributed by atoms with Crippen molar-refractivity contribution in [2.45, 2.75) is 59.0 Å². The third kappa shape index (κ3) is 8.75. The van der Waals surface area contributed by atoms with E-state index < -0.39 is 0 Å². The number of methoxy groups -OCH3 is 1. The number of anilines is 1. The zero-order chi connectivity index (χ0) is 19.7. The maximum absolute atomic E-state index is 12.7. The second-order valence-corrected chi connectivity index (χ2v) is 7.65. The van der Waals surface area contributed by atoms with Crippen LogP contribution in [0.4, 0.5) is 5.69 Å². The lowest BCUT2D eigenvalue weighted by atomic mass is 10.0. The maximum atomic E-state index is 12.7. The van der Waals surface area contributed by atoms with Gasteiger partial charge in [0.15, 0.2) is 0 Å². The molecule has 0 saturated heterocycles. The highest BCUT2D eigenvalue weighted by Gasteiger charge is 2.24. The summed E-state index contributed by atoms with van der Waals surface area (Å²) >= 11 is 0.607. The highest BCUT2D eigenvalue weighted by molar-refractivity contribution is 8.12. The van der Waals surface area contributed by atoms with Crippen LogP contribution in [0.2, 0.25) is 0 Å². The summed E-state index contributed by atoms with van der Waals surface area (Å²) < 4.78 is 5.18. The minimum atomic E-state index is -0.355. The SMILES string of the molecule is C.COc1ccc(NC(=O)C(CCCCN)NC(C)(C)C)cc1C(=O)SN. The van der Waals surface area contributed by atoms with Gasteiger partial charge in [-0.15, -0.1) is 0 Å². The quantitative estimate of drug-likeness (QED) is 0.373. The molecule has 0 radical (unpaired) electrons. The number of hydrogen-bond acceptors (Lipinski definition) is 7. The van der Waals surface area contributed by atoms with E-state index in [1.165, 1.54) is 7.11 Å². The van der Waals surface area contributed by atoms with Crippen molar-refractivity contribution in [2.75, 3.05) is 19.0 Å². The average Bonchev–Trinajstić information content (AvgIpc) is 2.59. The number of carbonyl (C=O) groups excluding carboxylic acids is 2. The molecule has 6 N–H and O–H groups in total. The molecule has 27 heavy (non-hydrogen) atoms. The number of amides is 1. The second kappa shape index (κ2) is 12.0. The number of ether oxygens (including phenoxy) is 1. The first-order chi connectivity index (χ1) is 12.2. The molecule has 0 fully saturated rings. The Hall–Kier alpha value is -1.61. The van der Waals surface area contributed by atoms with E-state index in [4.69, 9.17) is 15.6 Å². The molecule has 1 unspecified atom stereocenters. The van der Waals surface area contributed by atoms with Gasteiger partial charge in [0, 0.05) is 11.2 Å². The van der Waals surface area contributed by atoms with Crippen molar-refractivity contribution in [2.24, 2.45) is 10.9 Å². The van der Waals surface area contributed by atoms with Crippen LogP contribution in [0.3, 0.4) is 0 Å². The molecule has 1 rings (SSSR count). The van der Waals surface area contributed by atoms with Gasteiger partial charge in [0.2, 0.25) is 11.0 Å². The molecule has 1 amide bonds. The molecule has 0 spiro atoms. The first-order valence-corrected chi connectivity index (χ1v) is 9.47. The highest BCUT2D eigenvalue weighted by atomic mass is 32.2. The summed E-state index contributed by atoms with van der Waals surface area (Å²) in [5, 5.41) is 11.2. The molecule has 1 atom stereocenters. The fraction of sp³-hybridized carbons (Fsp3) is 0.579. The molecule has 0 heterocycles. The van der Waals surface area contributed by atoms with Gasteiger partial charge in [-0.1, -0.05) is 13.8 Å². The summed E-state index contributed by atoms with van der Waals surface area (Å²) in [5.74, 6) is 0.263. The molecular weight excluding hydrogens is 364 g/mol. The van der Waals surface area contributed by atoms with Crippen LogP contribution in [0.25, 0.3) is 0 Å². The Morgan fingerprint density at radius 3 is 2.44 bits per heavy atom. The van der Waals surface area contributed by atoms with Crippen molar-refractivity contribution in [3.8, 4) is 5.75 Å². The summed E-state index contributed by atoms with van der Waals surface area (Å²) in [5.41, 5.74) is 6.19. The molecule has 8 heteroatoms. The highest BCUT2D eigenvalue weighted by Crippen LogP contribution is 2.25. The van der Waals surface area contributed by atoms with Crippen LogP contribution < -0.4 is 26.2 Å². The predicted molar refractivity (Wildman–Crippen MR) is 114 cm³/mol. The Morgan fingerprint density at radius 1 is 1.26 bits per heavy atom. The molecule has 1 aromatic carbocycles. The van der Waals surface area contributed by atoms with Gasteiger partial charge >= 0.3 is 0 Å². The Bertz CT molecular complexity index is 617. The van der Waals surface area contributed by atoms with Crippen LogP contribution in [-0.2, 0) is 4.79 Å². The number of nitrogens with one attached hydrogen (secondary N) is 2. The van der Waals surface area contributed by atoms with Crippen molar-refractivity contribution >= 4 is 28.7 Å². The van der Waals surface area contributed by atoms with Gasteiger partial charge < -0.3 is 21.1 Å². The minimum Gasteiger partial charge on any atom is -0.496 e. The normalized spacial score (nSPS) is 12.1. The average molecular weight is 399 g/mol. The van der Waals surface area contributed by atoms with Crippen LogP contribution >= 0.6 is 11.9 Å². The van der Waals surface area contributed by atoms with E-state index in [0.29, 0.717) is 41.9 Å². The third-order valence-corrected chi connectivity index (χ3v) is 4.10. The first kappa shape index (κ1) is 25.4. The lowest BCUT2D eigenvalue weighted by molar-refractivity contribution is -0.118. The minimum absolute atomic E-state index is 0. The van der Waals surface area contributed by atoms with Crippen LogP contribution in [0.1, 0.15) is 57.8 Å². The standard InChI is InChI=1S/C18H30N4O3S.CH4/c1-18(2,3)22-14(7-5-6-10-19)16(23)21-12-8-9-15(25-4)13(11-12)17(24)26-20;/h8-9,11,14,22H,5-7,10,19-20H2,1-4H3,(H,21,23);1H4. The van der Waals surface area contributed by atoms with Gasteiger partial charge in [-0.25, -0.2) is 0 Å². The molecule has 0 aliphatic heterocycles. The molecule has 0 saturated carbocycles. The summed E-state index contributed by atoms with van der Waals surface area (Å²) in [7, 11) is 1.48. The molecular formula is C19H34N4O3S. The van der Waals surface area contributed by atoms with Crippen molar-refractivity contribution in [3.63, 3.8) is 0 Å². The van der Waals surface area contributed by atoms with E-state index in [-0.39, 0.29) is 30.0 Å². The molecule has 1 aromatic rings. The largest absolute Gasteiger partial charge is 0.496 e. The first-order valence-electron chi connectivity index (χ1n) is 8.59. The third-order valence-electron chi connectivity index (χ3n) is 3.66. The monoisotopic (exact) mass is 398 g/mol. The van der Waals surface area contributed by atoms with Gasteiger partial charge in [-0.2, -0.15) is 0 Å². The van der Waals surface area contributed by atoms with E-state index in [0.717, 1.165) is 12.8 Å². The van der Waals surface area contributed by atoms with Gasteiger partial charge in [0.05, 0.1) is 18.7 Å². The molecule has 7 nitrogen and oxygen atoms in total. The summed E-state index contributed by atoms with van der Waals surface area (Å²) in [4.78, 5) is 24.7. The lowest BCUT2D eigenvalue weighted by Gasteiger charge is -2.28. The van der Waals surface area contributed by atoms with Crippen LogP contribution in [0.5, 0.6) is 5.75 Å². The fourth-order valence-corrected chi connectivity index (χ4v) is 2.81. The Morgan fingerprint density at radius 2 is 1.93 bits per heavy atom. The smallest absolute Gasteiger partial charge is 0.241 e. The van der Waals surface area contributed by atoms with Crippen molar-refractivity contribution in [1.29, 1.82) is 0 Å². The number of hydrogen-bond donors (Lipinski definition) is 4. The predicted octanol–water partition coefficient (Wildman–Crippen LogP) is 2.90. The fourth-order valence-electron chi connectivity index (χ4n) is 2.52. The van der Waals surface area contributed by atoms with Crippen LogP contribution in [-0.4, -0.2) is 36.3 Å². The van der Waals surface area contributed by atoms with Gasteiger partial charge in [-0.05, 0) is 70.3 Å². The van der Waals surface area contributed by atoms with Crippen LogP contribution in [0, 0.1) is 0 Å². The summed E-state index contributed by atoms with van der Waals surface area (Å²) in [6, 6.07) is 4.56. The molecule has 0 aliphatic carbocycles. The van der Waals surface area contributed by atoms with Gasteiger partial charge in [0.25, 0.3) is 0 Å². The van der Waals surface area contributed by atoms with E-state index in [1.54, 1.807) is 18.2 Å². The zero-order valence-corrected chi connectivity index (χ0v) is 16.7. The van der Waals surface area contributed by atoms with E-state index in [1.807, 2.05) is 20.8 Å². The molecule has 154 valence electrons. The topological polar surface area (TPSA) is 119 Å². The van der Waals surface area contributed by atoms with Gasteiger partial charge in [-0.3, -0.25) is 14.7 Å². The lowest BCUT2D eigenvalue weighted by Crippen LogP contribution is -2.49. The Kier molecular flexibility index (Phi) is 11.3.